The first-order valence-corrected chi connectivity index (χ1v) is 10.2. The molecule has 1 heterocycles. The lowest BCUT2D eigenvalue weighted by Gasteiger charge is -2.35. The average Bonchev–Trinajstić information content (AvgIpc) is 2.74. The summed E-state index contributed by atoms with van der Waals surface area (Å²) < 4.78 is 5.21. The fourth-order valence-electron chi connectivity index (χ4n) is 3.16. The molecule has 6 nitrogen and oxygen atoms in total. The van der Waals surface area contributed by atoms with Gasteiger partial charge in [0.05, 0.1) is 31.2 Å². The Morgan fingerprint density at radius 3 is 2.54 bits per heavy atom. The van der Waals surface area contributed by atoms with E-state index in [-0.39, 0.29) is 5.91 Å². The molecule has 7 heteroatoms. The number of hydrogen-bond donors (Lipinski definition) is 1. The molecule has 2 aromatic rings. The number of methoxy groups -OCH3 is 1. The van der Waals surface area contributed by atoms with E-state index in [9.17, 15) is 4.79 Å². The van der Waals surface area contributed by atoms with Crippen LogP contribution in [0.4, 0.5) is 11.4 Å². The number of rotatable bonds is 7. The van der Waals surface area contributed by atoms with Crippen LogP contribution >= 0.6 is 11.8 Å². The maximum atomic E-state index is 12.5. The number of nitrogens with zero attached hydrogens (tertiary/aromatic N) is 3. The maximum Gasteiger partial charge on any atom is 0.238 e. The number of para-hydroxylation sites is 1. The number of hydrogen-bond acceptors (Lipinski definition) is 6. The number of ether oxygens (including phenoxy) is 1. The lowest BCUT2D eigenvalue weighted by molar-refractivity contribution is -0.117. The number of benzene rings is 2. The minimum atomic E-state index is -0.0251. The van der Waals surface area contributed by atoms with Crippen molar-refractivity contribution in [3.63, 3.8) is 0 Å². The van der Waals surface area contributed by atoms with Gasteiger partial charge in [-0.1, -0.05) is 12.1 Å². The molecular formula is C21H24N4O2S. The van der Waals surface area contributed by atoms with Gasteiger partial charge in [0.2, 0.25) is 5.91 Å². The lowest BCUT2D eigenvalue weighted by atomic mass is 10.2. The molecule has 1 aliphatic rings. The zero-order chi connectivity index (χ0) is 19.8. The molecule has 1 saturated heterocycles. The Labute approximate surface area is 170 Å². The summed E-state index contributed by atoms with van der Waals surface area (Å²) in [5.41, 5.74) is 1.94. The Hall–Kier alpha value is -2.69. The molecule has 0 aromatic heterocycles. The van der Waals surface area contributed by atoms with Gasteiger partial charge in [-0.15, -0.1) is 11.8 Å². The normalized spacial score (nSPS) is 14.4. The van der Waals surface area contributed by atoms with Crippen molar-refractivity contribution in [2.24, 2.45) is 0 Å². The van der Waals surface area contributed by atoms with E-state index in [4.69, 9.17) is 10.00 Å². The van der Waals surface area contributed by atoms with Crippen molar-refractivity contribution in [2.45, 2.75) is 4.90 Å². The van der Waals surface area contributed by atoms with Crippen molar-refractivity contribution >= 4 is 29.0 Å². The summed E-state index contributed by atoms with van der Waals surface area (Å²) in [4.78, 5) is 17.9. The minimum absolute atomic E-state index is 0.0251. The number of nitrogens with one attached hydrogen (secondary N) is 1. The summed E-state index contributed by atoms with van der Waals surface area (Å²) in [6.45, 7) is 3.81. The highest BCUT2D eigenvalue weighted by Gasteiger charge is 2.19. The molecule has 0 unspecified atom stereocenters. The second-order valence-corrected chi connectivity index (χ2v) is 7.47. The van der Waals surface area contributed by atoms with Crippen molar-refractivity contribution in [2.75, 3.05) is 55.8 Å². The van der Waals surface area contributed by atoms with E-state index in [0.717, 1.165) is 42.5 Å². The van der Waals surface area contributed by atoms with Crippen LogP contribution in [0.15, 0.2) is 53.4 Å². The van der Waals surface area contributed by atoms with Gasteiger partial charge >= 0.3 is 0 Å². The van der Waals surface area contributed by atoms with Gasteiger partial charge in [0.1, 0.15) is 5.75 Å². The molecule has 1 aliphatic heterocycles. The van der Waals surface area contributed by atoms with E-state index < -0.39 is 0 Å². The Balaban J connectivity index is 1.49. The van der Waals surface area contributed by atoms with Gasteiger partial charge in [-0.2, -0.15) is 5.26 Å². The molecule has 146 valence electrons. The summed E-state index contributed by atoms with van der Waals surface area (Å²) in [6.07, 6.45) is 0. The summed E-state index contributed by atoms with van der Waals surface area (Å²) in [7, 11) is 1.67. The van der Waals surface area contributed by atoms with E-state index in [1.54, 1.807) is 7.11 Å². The zero-order valence-corrected chi connectivity index (χ0v) is 16.7. The van der Waals surface area contributed by atoms with Crippen molar-refractivity contribution in [3.8, 4) is 11.8 Å². The van der Waals surface area contributed by atoms with Crippen LogP contribution in [0.1, 0.15) is 0 Å². The van der Waals surface area contributed by atoms with Gasteiger partial charge in [-0.05, 0) is 36.4 Å². The van der Waals surface area contributed by atoms with Gasteiger partial charge in [-0.25, -0.2) is 0 Å². The first-order valence-electron chi connectivity index (χ1n) is 9.19. The third-order valence-electron chi connectivity index (χ3n) is 4.63. The zero-order valence-electron chi connectivity index (χ0n) is 15.9. The summed E-state index contributed by atoms with van der Waals surface area (Å²) >= 11 is 1.43. The number of amides is 1. The molecule has 28 heavy (non-hydrogen) atoms. The highest BCUT2D eigenvalue weighted by atomic mass is 32.2. The van der Waals surface area contributed by atoms with E-state index in [0.29, 0.717) is 12.3 Å². The molecule has 0 radical (unpaired) electrons. The van der Waals surface area contributed by atoms with Crippen molar-refractivity contribution < 1.29 is 9.53 Å². The summed E-state index contributed by atoms with van der Waals surface area (Å²) in [5, 5.41) is 11.8. The van der Waals surface area contributed by atoms with Crippen LogP contribution < -0.4 is 15.0 Å². The van der Waals surface area contributed by atoms with Gasteiger partial charge < -0.3 is 15.0 Å². The molecule has 1 fully saturated rings. The van der Waals surface area contributed by atoms with Gasteiger partial charge in [0.15, 0.2) is 0 Å². The Morgan fingerprint density at radius 2 is 1.86 bits per heavy atom. The van der Waals surface area contributed by atoms with E-state index >= 15 is 0 Å². The monoisotopic (exact) mass is 396 g/mol. The smallest absolute Gasteiger partial charge is 0.238 e. The molecule has 1 amide bonds. The van der Waals surface area contributed by atoms with Crippen molar-refractivity contribution in [3.05, 3.63) is 48.5 Å². The predicted molar refractivity (Wildman–Crippen MR) is 113 cm³/mol. The lowest BCUT2D eigenvalue weighted by Crippen LogP contribution is -2.48. The SMILES string of the molecule is COc1ccc(N2CCN(CC(=O)Nc3ccccc3SCC#N)CC2)cc1. The number of piperazine rings is 1. The first-order chi connectivity index (χ1) is 13.7. The fourth-order valence-corrected chi connectivity index (χ4v) is 3.83. The molecule has 0 saturated carbocycles. The standard InChI is InChI=1S/C21H24N4O2S/c1-27-18-8-6-17(7-9-18)25-13-11-24(12-14-25)16-21(26)23-19-4-2-3-5-20(19)28-15-10-22/h2-9H,11-16H2,1H3,(H,23,26). The second-order valence-electron chi connectivity index (χ2n) is 6.45. The van der Waals surface area contributed by atoms with E-state index in [1.807, 2.05) is 36.4 Å². The third kappa shape index (κ3) is 5.41. The Morgan fingerprint density at radius 1 is 1.14 bits per heavy atom. The fraction of sp³-hybridized carbons (Fsp3) is 0.333. The summed E-state index contributed by atoms with van der Waals surface area (Å²) in [5.74, 6) is 1.19. The van der Waals surface area contributed by atoms with Crippen LogP contribution in [0.3, 0.4) is 0 Å². The number of anilines is 2. The number of nitriles is 1. The highest BCUT2D eigenvalue weighted by molar-refractivity contribution is 7.99. The second kappa shape index (κ2) is 10.0. The number of thioether (sulfide) groups is 1. The largest absolute Gasteiger partial charge is 0.497 e. The number of carbonyl (C=O) groups excluding carboxylic acids is 1. The van der Waals surface area contributed by atoms with Gasteiger partial charge in [-0.3, -0.25) is 9.69 Å². The van der Waals surface area contributed by atoms with Crippen LogP contribution in [0.25, 0.3) is 0 Å². The highest BCUT2D eigenvalue weighted by Crippen LogP contribution is 2.26. The quantitative estimate of drug-likeness (QED) is 0.726. The summed E-state index contributed by atoms with van der Waals surface area (Å²) in [6, 6.07) is 17.8. The number of carbonyl (C=O) groups is 1. The van der Waals surface area contributed by atoms with Crippen molar-refractivity contribution in [1.29, 1.82) is 5.26 Å². The average molecular weight is 397 g/mol. The minimum Gasteiger partial charge on any atom is -0.497 e. The Kier molecular flexibility index (Phi) is 7.18. The predicted octanol–water partition coefficient (Wildman–Crippen LogP) is 3.07. The topological polar surface area (TPSA) is 68.6 Å². The third-order valence-corrected chi connectivity index (χ3v) is 5.57. The van der Waals surface area contributed by atoms with Gasteiger partial charge in [0.25, 0.3) is 0 Å². The molecule has 0 spiro atoms. The molecule has 2 aromatic carbocycles. The van der Waals surface area contributed by atoms with E-state index in [2.05, 4.69) is 33.3 Å². The van der Waals surface area contributed by atoms with Crippen LogP contribution in [0.2, 0.25) is 0 Å². The Bertz CT molecular complexity index is 827. The molecule has 0 aliphatic carbocycles. The van der Waals surface area contributed by atoms with Gasteiger partial charge in [0, 0.05) is 36.8 Å². The van der Waals surface area contributed by atoms with Crippen LogP contribution in [0, 0.1) is 11.3 Å². The van der Waals surface area contributed by atoms with Crippen LogP contribution in [-0.4, -0.2) is 56.4 Å². The first kappa shape index (κ1) is 20.1. The van der Waals surface area contributed by atoms with Crippen molar-refractivity contribution in [1.82, 2.24) is 4.90 Å². The molecule has 3 rings (SSSR count). The molecule has 0 atom stereocenters. The molecule has 0 bridgehead atoms. The molecular weight excluding hydrogens is 372 g/mol. The molecule has 1 N–H and O–H groups in total. The maximum absolute atomic E-state index is 12.5. The van der Waals surface area contributed by atoms with Crippen LogP contribution in [0.5, 0.6) is 5.75 Å². The van der Waals surface area contributed by atoms with E-state index in [1.165, 1.54) is 17.4 Å². The van der Waals surface area contributed by atoms with Crippen LogP contribution in [-0.2, 0) is 4.79 Å².